The Labute approximate surface area is 109 Å². The molecule has 0 aliphatic carbocycles. The van der Waals surface area contributed by atoms with Crippen LogP contribution in [0, 0.1) is 11.2 Å². The molecule has 0 amide bonds. The van der Waals surface area contributed by atoms with Crippen molar-refractivity contribution in [1.29, 1.82) is 0 Å². The van der Waals surface area contributed by atoms with E-state index in [0.29, 0.717) is 0 Å². The highest BCUT2D eigenvalue weighted by molar-refractivity contribution is 5.81. The van der Waals surface area contributed by atoms with Gasteiger partial charge in [-0.25, -0.2) is 4.39 Å². The predicted octanol–water partition coefficient (Wildman–Crippen LogP) is 4.95. The lowest BCUT2D eigenvalue weighted by Gasteiger charge is -2.20. The molecule has 0 atom stereocenters. The minimum absolute atomic E-state index is 0.0917. The molecule has 18 heavy (non-hydrogen) atoms. The van der Waals surface area contributed by atoms with Crippen molar-refractivity contribution in [3.63, 3.8) is 0 Å². The Morgan fingerprint density at radius 1 is 1.22 bits per heavy atom. The summed E-state index contributed by atoms with van der Waals surface area (Å²) in [5.74, 6) is 0.124. The van der Waals surface area contributed by atoms with Crippen LogP contribution < -0.4 is 0 Å². The van der Waals surface area contributed by atoms with Crippen LogP contribution >= 0.6 is 0 Å². The second-order valence-corrected chi connectivity index (χ2v) is 6.59. The summed E-state index contributed by atoms with van der Waals surface area (Å²) in [5.41, 5.74) is 2.16. The van der Waals surface area contributed by atoms with E-state index in [-0.39, 0.29) is 17.2 Å². The molecule has 0 aliphatic rings. The van der Waals surface area contributed by atoms with Gasteiger partial charge in [0.1, 0.15) is 5.82 Å². The molecule has 0 N–H and O–H groups in total. The van der Waals surface area contributed by atoms with Gasteiger partial charge < -0.3 is 4.57 Å². The van der Waals surface area contributed by atoms with E-state index in [2.05, 4.69) is 31.5 Å². The van der Waals surface area contributed by atoms with Crippen LogP contribution in [0.5, 0.6) is 0 Å². The van der Waals surface area contributed by atoms with Gasteiger partial charge in [0.25, 0.3) is 0 Å². The largest absolute Gasteiger partial charge is 0.347 e. The van der Waals surface area contributed by atoms with Crippen LogP contribution in [0.25, 0.3) is 10.9 Å². The first kappa shape index (κ1) is 13.1. The molecule has 1 aromatic carbocycles. The maximum atomic E-state index is 13.9. The molecule has 2 heteroatoms. The molecule has 1 aromatic heterocycles. The fraction of sp³-hybridized carbons (Fsp3) is 0.500. The summed E-state index contributed by atoms with van der Waals surface area (Å²) in [6.45, 7) is 11.6. The van der Waals surface area contributed by atoms with Crippen LogP contribution in [0.3, 0.4) is 0 Å². The predicted molar refractivity (Wildman–Crippen MR) is 75.4 cm³/mol. The van der Waals surface area contributed by atoms with Gasteiger partial charge in [-0.1, -0.05) is 34.6 Å². The lowest BCUT2D eigenvalue weighted by Crippen LogP contribution is -2.14. The smallest absolute Gasteiger partial charge is 0.127 e. The second-order valence-electron chi connectivity index (χ2n) is 6.59. The van der Waals surface area contributed by atoms with Gasteiger partial charge in [-0.15, -0.1) is 0 Å². The van der Waals surface area contributed by atoms with Gasteiger partial charge in [-0.05, 0) is 35.1 Å². The highest BCUT2D eigenvalue weighted by Gasteiger charge is 2.15. The molecule has 1 nitrogen and oxygen atoms in total. The molecular weight excluding hydrogens is 225 g/mol. The Kier molecular flexibility index (Phi) is 3.22. The molecule has 0 aliphatic heterocycles. The lowest BCUT2D eigenvalue weighted by atomic mass is 9.96. The van der Waals surface area contributed by atoms with Crippen molar-refractivity contribution < 1.29 is 4.39 Å². The van der Waals surface area contributed by atoms with E-state index >= 15 is 0 Å². The zero-order chi connectivity index (χ0) is 13.5. The monoisotopic (exact) mass is 247 g/mol. The van der Waals surface area contributed by atoms with Crippen molar-refractivity contribution in [2.75, 3.05) is 0 Å². The molecule has 0 saturated carbocycles. The Bertz CT molecular complexity index is 558. The third-order valence-electron chi connectivity index (χ3n) is 3.16. The summed E-state index contributed by atoms with van der Waals surface area (Å²) < 4.78 is 16.1. The Morgan fingerprint density at radius 3 is 2.44 bits per heavy atom. The van der Waals surface area contributed by atoms with E-state index in [9.17, 15) is 4.39 Å². The SMILES string of the molecule is CC(C)c1cc2c(ccn2CC(C)(C)C)cc1F. The summed E-state index contributed by atoms with van der Waals surface area (Å²) in [6.07, 6.45) is 2.06. The molecule has 0 fully saturated rings. The number of hydrogen-bond donors (Lipinski definition) is 0. The number of hydrogen-bond acceptors (Lipinski definition) is 0. The van der Waals surface area contributed by atoms with Crippen LogP contribution in [-0.4, -0.2) is 4.57 Å². The molecule has 2 rings (SSSR count). The van der Waals surface area contributed by atoms with Crippen LogP contribution in [0.4, 0.5) is 4.39 Å². The molecular formula is C16H22FN. The first-order chi connectivity index (χ1) is 8.28. The van der Waals surface area contributed by atoms with E-state index in [0.717, 1.165) is 23.0 Å². The van der Waals surface area contributed by atoms with Crippen molar-refractivity contribution in [2.24, 2.45) is 5.41 Å². The number of benzene rings is 1. The fourth-order valence-corrected chi connectivity index (χ4v) is 2.32. The van der Waals surface area contributed by atoms with Crippen LogP contribution in [-0.2, 0) is 6.54 Å². The quantitative estimate of drug-likeness (QED) is 0.707. The fourth-order valence-electron chi connectivity index (χ4n) is 2.32. The number of fused-ring (bicyclic) bond motifs is 1. The van der Waals surface area contributed by atoms with Gasteiger partial charge in [0.05, 0.1) is 0 Å². The highest BCUT2D eigenvalue weighted by Crippen LogP contribution is 2.27. The third-order valence-corrected chi connectivity index (χ3v) is 3.16. The average Bonchev–Trinajstić information content (AvgIpc) is 2.56. The molecule has 0 spiro atoms. The summed E-state index contributed by atoms with van der Waals surface area (Å²) >= 11 is 0. The van der Waals surface area contributed by atoms with E-state index in [1.165, 1.54) is 0 Å². The van der Waals surface area contributed by atoms with Gasteiger partial charge in [-0.2, -0.15) is 0 Å². The van der Waals surface area contributed by atoms with Crippen molar-refractivity contribution >= 4 is 10.9 Å². The maximum absolute atomic E-state index is 13.9. The first-order valence-corrected chi connectivity index (χ1v) is 6.56. The summed E-state index contributed by atoms with van der Waals surface area (Å²) in [4.78, 5) is 0. The Morgan fingerprint density at radius 2 is 1.89 bits per heavy atom. The molecule has 0 unspecified atom stereocenters. The van der Waals surface area contributed by atoms with E-state index in [1.807, 2.05) is 26.0 Å². The van der Waals surface area contributed by atoms with E-state index < -0.39 is 0 Å². The van der Waals surface area contributed by atoms with Gasteiger partial charge in [-0.3, -0.25) is 0 Å². The Balaban J connectivity index is 2.54. The van der Waals surface area contributed by atoms with E-state index in [1.54, 1.807) is 6.07 Å². The molecule has 98 valence electrons. The van der Waals surface area contributed by atoms with Gasteiger partial charge in [0.15, 0.2) is 0 Å². The number of nitrogens with zero attached hydrogens (tertiary/aromatic N) is 1. The minimum atomic E-state index is -0.0917. The summed E-state index contributed by atoms with van der Waals surface area (Å²) in [6, 6.07) is 5.65. The normalized spacial score (nSPS) is 12.6. The maximum Gasteiger partial charge on any atom is 0.127 e. The third kappa shape index (κ3) is 2.58. The summed E-state index contributed by atoms with van der Waals surface area (Å²) in [7, 11) is 0. The summed E-state index contributed by atoms with van der Waals surface area (Å²) in [5, 5.41) is 0.987. The standard InChI is InChI=1S/C16H22FN/c1-11(2)13-9-15-12(8-14(13)17)6-7-18(15)10-16(3,4)5/h6-9,11H,10H2,1-5H3. The van der Waals surface area contributed by atoms with Gasteiger partial charge >= 0.3 is 0 Å². The molecule has 1 heterocycles. The topological polar surface area (TPSA) is 4.93 Å². The average molecular weight is 247 g/mol. The molecule has 0 saturated heterocycles. The molecule has 2 aromatic rings. The lowest BCUT2D eigenvalue weighted by molar-refractivity contribution is 0.349. The number of rotatable bonds is 2. The van der Waals surface area contributed by atoms with Crippen molar-refractivity contribution in [3.8, 4) is 0 Å². The zero-order valence-corrected chi connectivity index (χ0v) is 11.9. The first-order valence-electron chi connectivity index (χ1n) is 6.56. The van der Waals surface area contributed by atoms with Crippen LogP contribution in [0.2, 0.25) is 0 Å². The van der Waals surface area contributed by atoms with Gasteiger partial charge in [0, 0.05) is 23.6 Å². The van der Waals surface area contributed by atoms with Crippen molar-refractivity contribution in [3.05, 3.63) is 35.8 Å². The number of halogens is 1. The zero-order valence-electron chi connectivity index (χ0n) is 11.9. The highest BCUT2D eigenvalue weighted by atomic mass is 19.1. The minimum Gasteiger partial charge on any atom is -0.347 e. The molecule has 0 bridgehead atoms. The van der Waals surface area contributed by atoms with Crippen LogP contribution in [0.1, 0.15) is 46.1 Å². The Hall–Kier alpha value is -1.31. The number of aromatic nitrogens is 1. The van der Waals surface area contributed by atoms with E-state index in [4.69, 9.17) is 0 Å². The van der Waals surface area contributed by atoms with Gasteiger partial charge in [0.2, 0.25) is 0 Å². The van der Waals surface area contributed by atoms with Crippen molar-refractivity contribution in [1.82, 2.24) is 4.57 Å². The van der Waals surface area contributed by atoms with Crippen molar-refractivity contribution in [2.45, 2.75) is 47.1 Å². The molecule has 0 radical (unpaired) electrons. The van der Waals surface area contributed by atoms with Crippen LogP contribution in [0.15, 0.2) is 24.4 Å². The second kappa shape index (κ2) is 4.42.